The Morgan fingerprint density at radius 3 is 2.38 bits per heavy atom. The van der Waals surface area contributed by atoms with Crippen LogP contribution in [0.3, 0.4) is 0 Å². The number of carbonyl (C=O) groups is 2. The predicted molar refractivity (Wildman–Crippen MR) is 82.6 cm³/mol. The van der Waals surface area contributed by atoms with Crippen LogP contribution in [0.2, 0.25) is 0 Å². The van der Waals surface area contributed by atoms with Crippen LogP contribution in [-0.2, 0) is 9.59 Å². The fourth-order valence-electron chi connectivity index (χ4n) is 2.74. The molecule has 0 aromatic heterocycles. The van der Waals surface area contributed by atoms with E-state index in [1.807, 2.05) is 20.8 Å². The van der Waals surface area contributed by atoms with Crippen LogP contribution in [0.25, 0.3) is 0 Å². The minimum Gasteiger partial charge on any atom is -0.391 e. The predicted octanol–water partition coefficient (Wildman–Crippen LogP) is -0.145. The number of rotatable bonds is 2. The van der Waals surface area contributed by atoms with E-state index in [2.05, 4.69) is 0 Å². The molecule has 2 saturated heterocycles. The Kier molecular flexibility index (Phi) is 4.30. The molecule has 7 heteroatoms. The van der Waals surface area contributed by atoms with Crippen LogP contribution >= 0.6 is 11.8 Å². The summed E-state index contributed by atoms with van der Waals surface area (Å²) in [5.41, 5.74) is 5.37. The summed E-state index contributed by atoms with van der Waals surface area (Å²) < 4.78 is 0. The van der Waals surface area contributed by atoms with Crippen LogP contribution in [0, 0.1) is 5.41 Å². The van der Waals surface area contributed by atoms with Gasteiger partial charge >= 0.3 is 0 Å². The lowest BCUT2D eigenvalue weighted by Crippen LogP contribution is -2.71. The lowest BCUT2D eigenvalue weighted by Gasteiger charge is -2.53. The Bertz CT molecular complexity index is 441. The highest BCUT2D eigenvalue weighted by Gasteiger charge is 2.56. The largest absolute Gasteiger partial charge is 0.391 e. The van der Waals surface area contributed by atoms with E-state index in [4.69, 9.17) is 5.73 Å². The van der Waals surface area contributed by atoms with Gasteiger partial charge in [0.25, 0.3) is 0 Å². The molecule has 120 valence electrons. The van der Waals surface area contributed by atoms with E-state index >= 15 is 0 Å². The molecule has 2 amide bonds. The van der Waals surface area contributed by atoms with E-state index in [0.717, 1.165) is 5.75 Å². The van der Waals surface area contributed by atoms with Crippen LogP contribution in [0.1, 0.15) is 27.7 Å². The zero-order valence-electron chi connectivity index (χ0n) is 13.1. The summed E-state index contributed by atoms with van der Waals surface area (Å²) in [5.74, 6) is 0.723. The summed E-state index contributed by atoms with van der Waals surface area (Å²) >= 11 is 1.70. The first-order valence-electron chi connectivity index (χ1n) is 7.27. The normalized spacial score (nSPS) is 23.9. The van der Waals surface area contributed by atoms with Crippen molar-refractivity contribution in [2.24, 2.45) is 11.1 Å². The highest BCUT2D eigenvalue weighted by molar-refractivity contribution is 8.01. The van der Waals surface area contributed by atoms with Crippen molar-refractivity contribution in [2.75, 3.05) is 25.4 Å². The zero-order chi connectivity index (χ0) is 16.0. The number of nitrogens with zero attached hydrogens (tertiary/aromatic N) is 2. The number of hydrogen-bond acceptors (Lipinski definition) is 5. The molecule has 1 spiro atoms. The molecule has 21 heavy (non-hydrogen) atoms. The Labute approximate surface area is 130 Å². The summed E-state index contributed by atoms with van der Waals surface area (Å²) in [4.78, 5) is 27.9. The summed E-state index contributed by atoms with van der Waals surface area (Å²) in [6, 6.07) is -0.895. The second-order valence-corrected chi connectivity index (χ2v) is 8.42. The molecular formula is C14H25N3O3S. The number of hydrogen-bond donors (Lipinski definition) is 2. The standard InChI is InChI=1S/C14H25N3O3S/c1-9(18)10(15)11(19)17-5-6-21-14(17)7-16(8-14)12(20)13(2,3)4/h9-10,18H,5-8,15H2,1-4H3/t9-,10+/m1/s1. The molecule has 2 rings (SSSR count). The minimum atomic E-state index is -0.895. The van der Waals surface area contributed by atoms with Gasteiger partial charge in [0.05, 0.1) is 19.2 Å². The van der Waals surface area contributed by atoms with E-state index in [-0.39, 0.29) is 16.7 Å². The van der Waals surface area contributed by atoms with Gasteiger partial charge in [0.2, 0.25) is 11.8 Å². The maximum atomic E-state index is 12.4. The number of likely N-dealkylation sites (tertiary alicyclic amines) is 1. The Morgan fingerprint density at radius 2 is 1.90 bits per heavy atom. The summed E-state index contributed by atoms with van der Waals surface area (Å²) in [5, 5.41) is 9.52. The first-order valence-corrected chi connectivity index (χ1v) is 8.25. The third kappa shape index (κ3) is 2.91. The lowest BCUT2D eigenvalue weighted by molar-refractivity contribution is -0.155. The average Bonchev–Trinajstić information content (AvgIpc) is 2.77. The van der Waals surface area contributed by atoms with Crippen molar-refractivity contribution in [3.05, 3.63) is 0 Å². The highest BCUT2D eigenvalue weighted by atomic mass is 32.2. The second kappa shape index (κ2) is 5.44. The molecule has 2 heterocycles. The van der Waals surface area contributed by atoms with E-state index in [1.54, 1.807) is 21.6 Å². The minimum absolute atomic E-state index is 0.104. The van der Waals surface area contributed by atoms with Crippen molar-refractivity contribution in [3.8, 4) is 0 Å². The van der Waals surface area contributed by atoms with Crippen molar-refractivity contribution in [2.45, 2.75) is 44.7 Å². The molecule has 0 radical (unpaired) electrons. The van der Waals surface area contributed by atoms with E-state index < -0.39 is 17.6 Å². The number of carbonyl (C=O) groups excluding carboxylic acids is 2. The summed E-state index contributed by atoms with van der Waals surface area (Å²) in [6.45, 7) is 8.94. The topological polar surface area (TPSA) is 86.9 Å². The highest BCUT2D eigenvalue weighted by Crippen LogP contribution is 2.44. The third-order valence-electron chi connectivity index (χ3n) is 4.05. The van der Waals surface area contributed by atoms with Gasteiger partial charge in [0.1, 0.15) is 10.9 Å². The molecule has 2 aliphatic rings. The van der Waals surface area contributed by atoms with Gasteiger partial charge in [-0.1, -0.05) is 20.8 Å². The van der Waals surface area contributed by atoms with Gasteiger partial charge in [-0.25, -0.2) is 0 Å². The SMILES string of the molecule is C[C@@H](O)[C@H](N)C(=O)N1CCSC12CN(C(=O)C(C)(C)C)C2. The fraction of sp³-hybridized carbons (Fsp3) is 0.857. The van der Waals surface area contributed by atoms with Crippen LogP contribution in [-0.4, -0.2) is 69.1 Å². The van der Waals surface area contributed by atoms with E-state index in [0.29, 0.717) is 19.6 Å². The van der Waals surface area contributed by atoms with Crippen LogP contribution in [0.15, 0.2) is 0 Å². The maximum absolute atomic E-state index is 12.4. The average molecular weight is 315 g/mol. The number of amides is 2. The first kappa shape index (κ1) is 16.6. The third-order valence-corrected chi connectivity index (χ3v) is 5.46. The van der Waals surface area contributed by atoms with Gasteiger partial charge in [-0.15, -0.1) is 11.8 Å². The molecule has 0 saturated carbocycles. The summed E-state index contributed by atoms with van der Waals surface area (Å²) in [7, 11) is 0. The second-order valence-electron chi connectivity index (χ2n) is 6.96. The molecular weight excluding hydrogens is 290 g/mol. The zero-order valence-corrected chi connectivity index (χ0v) is 13.9. The van der Waals surface area contributed by atoms with Gasteiger partial charge in [-0.2, -0.15) is 0 Å². The quantitative estimate of drug-likeness (QED) is 0.740. The monoisotopic (exact) mass is 315 g/mol. The molecule has 3 N–H and O–H groups in total. The maximum Gasteiger partial charge on any atom is 0.243 e. The fourth-order valence-corrected chi connectivity index (χ4v) is 4.22. The number of thioether (sulfide) groups is 1. The molecule has 2 aliphatic heterocycles. The van der Waals surface area contributed by atoms with Crippen LogP contribution in [0.4, 0.5) is 0 Å². The van der Waals surface area contributed by atoms with Gasteiger partial charge in [0, 0.05) is 17.7 Å². The Hall–Kier alpha value is -0.790. The van der Waals surface area contributed by atoms with Crippen molar-refractivity contribution in [3.63, 3.8) is 0 Å². The van der Waals surface area contributed by atoms with Crippen molar-refractivity contribution in [1.29, 1.82) is 0 Å². The molecule has 0 aliphatic carbocycles. The first-order chi connectivity index (χ1) is 9.58. The molecule has 0 aromatic rings. The smallest absolute Gasteiger partial charge is 0.243 e. The van der Waals surface area contributed by atoms with Crippen molar-refractivity contribution < 1.29 is 14.7 Å². The van der Waals surface area contributed by atoms with Gasteiger partial charge in [-0.05, 0) is 6.92 Å². The Balaban J connectivity index is 2.05. The van der Waals surface area contributed by atoms with Crippen LogP contribution in [0.5, 0.6) is 0 Å². The van der Waals surface area contributed by atoms with Gasteiger partial charge < -0.3 is 20.6 Å². The molecule has 2 fully saturated rings. The number of aliphatic hydroxyl groups excluding tert-OH is 1. The van der Waals surface area contributed by atoms with E-state index in [9.17, 15) is 14.7 Å². The van der Waals surface area contributed by atoms with E-state index in [1.165, 1.54) is 6.92 Å². The Morgan fingerprint density at radius 1 is 1.33 bits per heavy atom. The van der Waals surface area contributed by atoms with Crippen molar-refractivity contribution in [1.82, 2.24) is 9.80 Å². The lowest BCUT2D eigenvalue weighted by atomic mass is 9.91. The van der Waals surface area contributed by atoms with Gasteiger partial charge in [0.15, 0.2) is 0 Å². The molecule has 0 bridgehead atoms. The van der Waals surface area contributed by atoms with Crippen molar-refractivity contribution >= 4 is 23.6 Å². The summed E-state index contributed by atoms with van der Waals surface area (Å²) in [6.07, 6.45) is -0.868. The number of aliphatic hydroxyl groups is 1. The number of nitrogens with two attached hydrogens (primary N) is 1. The van der Waals surface area contributed by atoms with Crippen LogP contribution < -0.4 is 5.73 Å². The molecule has 0 unspecified atom stereocenters. The van der Waals surface area contributed by atoms with Gasteiger partial charge in [-0.3, -0.25) is 9.59 Å². The molecule has 6 nitrogen and oxygen atoms in total. The molecule has 0 aromatic carbocycles. The molecule has 2 atom stereocenters.